The van der Waals surface area contributed by atoms with Crippen LogP contribution in [0.3, 0.4) is 0 Å². The summed E-state index contributed by atoms with van der Waals surface area (Å²) in [4.78, 5) is 0. The van der Waals surface area contributed by atoms with Gasteiger partial charge in [-0.25, -0.2) is 0 Å². The standard InChI is InChI=1S/C15H21NO/c1-14-8-13(17-2)9-15(14,11-16-10-14)12-6-4-3-5-7-12/h3-7,13,16H,8-11H2,1-2H3/t13-,14-,15+/m1/s1. The van der Waals surface area contributed by atoms with Crippen LogP contribution in [0, 0.1) is 5.41 Å². The Balaban J connectivity index is 2.04. The van der Waals surface area contributed by atoms with Crippen molar-refractivity contribution in [3.63, 3.8) is 0 Å². The lowest BCUT2D eigenvalue weighted by Gasteiger charge is -2.37. The molecule has 1 N–H and O–H groups in total. The van der Waals surface area contributed by atoms with E-state index in [1.165, 1.54) is 12.0 Å². The quantitative estimate of drug-likeness (QED) is 0.843. The van der Waals surface area contributed by atoms with E-state index in [-0.39, 0.29) is 5.41 Å². The summed E-state index contributed by atoms with van der Waals surface area (Å²) in [7, 11) is 1.85. The Morgan fingerprint density at radius 2 is 1.94 bits per heavy atom. The normalized spacial score (nSPS) is 40.5. The molecular formula is C15H21NO. The van der Waals surface area contributed by atoms with Crippen molar-refractivity contribution in [3.8, 4) is 0 Å². The van der Waals surface area contributed by atoms with Crippen molar-refractivity contribution in [1.82, 2.24) is 5.32 Å². The van der Waals surface area contributed by atoms with Gasteiger partial charge in [-0.3, -0.25) is 0 Å². The van der Waals surface area contributed by atoms with Gasteiger partial charge in [0.15, 0.2) is 0 Å². The molecule has 1 aliphatic heterocycles. The first-order valence-electron chi connectivity index (χ1n) is 6.49. The van der Waals surface area contributed by atoms with Gasteiger partial charge in [-0.15, -0.1) is 0 Å². The third-order valence-corrected chi connectivity index (χ3v) is 5.01. The number of hydrogen-bond acceptors (Lipinski definition) is 2. The number of benzene rings is 1. The first kappa shape index (κ1) is 11.2. The molecule has 1 saturated heterocycles. The molecule has 0 aromatic heterocycles. The van der Waals surface area contributed by atoms with Gasteiger partial charge in [0.1, 0.15) is 0 Å². The number of ether oxygens (including phenoxy) is 1. The SMILES string of the molecule is CO[C@@H]1C[C@]2(C)CNC[C@]2(c2ccccc2)C1. The van der Waals surface area contributed by atoms with Crippen LogP contribution in [-0.2, 0) is 10.2 Å². The molecule has 92 valence electrons. The fourth-order valence-electron chi connectivity index (χ4n) is 3.98. The van der Waals surface area contributed by atoms with Gasteiger partial charge in [0, 0.05) is 25.6 Å². The highest BCUT2D eigenvalue weighted by Crippen LogP contribution is 2.56. The fourth-order valence-corrected chi connectivity index (χ4v) is 3.98. The van der Waals surface area contributed by atoms with E-state index in [0.717, 1.165) is 19.5 Å². The van der Waals surface area contributed by atoms with E-state index >= 15 is 0 Å². The predicted octanol–water partition coefficient (Wildman–Crippen LogP) is 2.34. The first-order chi connectivity index (χ1) is 8.20. The van der Waals surface area contributed by atoms with Gasteiger partial charge in [-0.2, -0.15) is 0 Å². The minimum atomic E-state index is 0.273. The summed E-state index contributed by atoms with van der Waals surface area (Å²) >= 11 is 0. The summed E-state index contributed by atoms with van der Waals surface area (Å²) in [6.07, 6.45) is 2.74. The second-order valence-electron chi connectivity index (χ2n) is 5.88. The lowest BCUT2D eigenvalue weighted by atomic mass is 9.65. The molecule has 0 amide bonds. The third-order valence-electron chi connectivity index (χ3n) is 5.01. The summed E-state index contributed by atoms with van der Waals surface area (Å²) in [5.74, 6) is 0. The molecule has 2 aliphatic rings. The molecule has 1 aliphatic carbocycles. The van der Waals surface area contributed by atoms with E-state index in [9.17, 15) is 0 Å². The Bertz CT molecular complexity index is 405. The third kappa shape index (κ3) is 1.47. The monoisotopic (exact) mass is 231 g/mol. The molecule has 2 fully saturated rings. The summed E-state index contributed by atoms with van der Waals surface area (Å²) in [5.41, 5.74) is 2.09. The van der Waals surface area contributed by atoms with Crippen LogP contribution in [0.5, 0.6) is 0 Å². The lowest BCUT2D eigenvalue weighted by Crippen LogP contribution is -2.38. The molecule has 1 aromatic carbocycles. The van der Waals surface area contributed by atoms with Gasteiger partial charge in [0.05, 0.1) is 6.10 Å². The smallest absolute Gasteiger partial charge is 0.0586 e. The Hall–Kier alpha value is -0.860. The van der Waals surface area contributed by atoms with Gasteiger partial charge in [0.2, 0.25) is 0 Å². The van der Waals surface area contributed by atoms with Gasteiger partial charge >= 0.3 is 0 Å². The maximum Gasteiger partial charge on any atom is 0.0586 e. The number of hydrogen-bond donors (Lipinski definition) is 1. The average Bonchev–Trinajstić information content (AvgIpc) is 2.81. The molecule has 3 atom stereocenters. The average molecular weight is 231 g/mol. The summed E-state index contributed by atoms with van der Waals surface area (Å²) in [6, 6.07) is 11.0. The first-order valence-corrected chi connectivity index (χ1v) is 6.49. The zero-order valence-electron chi connectivity index (χ0n) is 10.7. The van der Waals surface area contributed by atoms with Crippen molar-refractivity contribution < 1.29 is 4.74 Å². The van der Waals surface area contributed by atoms with Gasteiger partial charge in [0.25, 0.3) is 0 Å². The van der Waals surface area contributed by atoms with Crippen molar-refractivity contribution in [3.05, 3.63) is 35.9 Å². The van der Waals surface area contributed by atoms with Crippen LogP contribution < -0.4 is 5.32 Å². The van der Waals surface area contributed by atoms with Gasteiger partial charge < -0.3 is 10.1 Å². The van der Waals surface area contributed by atoms with Crippen LogP contribution in [-0.4, -0.2) is 26.3 Å². The molecule has 17 heavy (non-hydrogen) atoms. The lowest BCUT2D eigenvalue weighted by molar-refractivity contribution is 0.0962. The molecule has 2 nitrogen and oxygen atoms in total. The van der Waals surface area contributed by atoms with E-state index < -0.39 is 0 Å². The van der Waals surface area contributed by atoms with E-state index in [2.05, 4.69) is 42.6 Å². The van der Waals surface area contributed by atoms with Crippen LogP contribution in [0.4, 0.5) is 0 Å². The number of methoxy groups -OCH3 is 1. The predicted molar refractivity (Wildman–Crippen MR) is 69.1 cm³/mol. The van der Waals surface area contributed by atoms with Gasteiger partial charge in [-0.05, 0) is 23.8 Å². The number of nitrogens with one attached hydrogen (secondary N) is 1. The molecule has 3 rings (SSSR count). The van der Waals surface area contributed by atoms with Crippen LogP contribution in [0.2, 0.25) is 0 Å². The molecule has 1 aromatic rings. The highest BCUT2D eigenvalue weighted by atomic mass is 16.5. The Morgan fingerprint density at radius 1 is 1.18 bits per heavy atom. The molecule has 2 heteroatoms. The Morgan fingerprint density at radius 3 is 2.65 bits per heavy atom. The number of fused-ring (bicyclic) bond motifs is 1. The van der Waals surface area contributed by atoms with E-state index in [4.69, 9.17) is 4.74 Å². The fraction of sp³-hybridized carbons (Fsp3) is 0.600. The molecule has 0 spiro atoms. The maximum atomic E-state index is 5.63. The van der Waals surface area contributed by atoms with Crippen LogP contribution in [0.15, 0.2) is 30.3 Å². The highest BCUT2D eigenvalue weighted by Gasteiger charge is 2.58. The largest absolute Gasteiger partial charge is 0.381 e. The maximum absolute atomic E-state index is 5.63. The molecule has 1 saturated carbocycles. The van der Waals surface area contributed by atoms with Crippen molar-refractivity contribution >= 4 is 0 Å². The van der Waals surface area contributed by atoms with Crippen LogP contribution in [0.1, 0.15) is 25.3 Å². The van der Waals surface area contributed by atoms with Crippen molar-refractivity contribution in [2.75, 3.05) is 20.2 Å². The minimum Gasteiger partial charge on any atom is -0.381 e. The summed E-state index contributed by atoms with van der Waals surface area (Å²) in [5, 5.41) is 3.59. The Labute approximate surface area is 103 Å². The zero-order valence-corrected chi connectivity index (χ0v) is 10.7. The van der Waals surface area contributed by atoms with E-state index in [0.29, 0.717) is 11.5 Å². The van der Waals surface area contributed by atoms with E-state index in [1.807, 2.05) is 7.11 Å². The molecule has 1 heterocycles. The second-order valence-corrected chi connectivity index (χ2v) is 5.88. The van der Waals surface area contributed by atoms with Crippen molar-refractivity contribution in [2.24, 2.45) is 5.41 Å². The zero-order chi connectivity index (χ0) is 11.9. The summed E-state index contributed by atoms with van der Waals surface area (Å²) in [6.45, 7) is 4.62. The molecule has 0 bridgehead atoms. The molecule has 0 unspecified atom stereocenters. The topological polar surface area (TPSA) is 21.3 Å². The van der Waals surface area contributed by atoms with Crippen LogP contribution >= 0.6 is 0 Å². The summed E-state index contributed by atoms with van der Waals surface area (Å²) < 4.78 is 5.63. The van der Waals surface area contributed by atoms with Crippen LogP contribution in [0.25, 0.3) is 0 Å². The molecule has 0 radical (unpaired) electrons. The van der Waals surface area contributed by atoms with Crippen molar-refractivity contribution in [1.29, 1.82) is 0 Å². The minimum absolute atomic E-state index is 0.273. The van der Waals surface area contributed by atoms with Gasteiger partial charge in [-0.1, -0.05) is 37.3 Å². The highest BCUT2D eigenvalue weighted by molar-refractivity contribution is 5.34. The number of rotatable bonds is 2. The molecular weight excluding hydrogens is 210 g/mol. The second kappa shape index (κ2) is 3.82. The van der Waals surface area contributed by atoms with E-state index in [1.54, 1.807) is 0 Å². The Kier molecular flexibility index (Phi) is 2.53. The van der Waals surface area contributed by atoms with Crippen molar-refractivity contribution in [2.45, 2.75) is 31.3 Å².